The second-order valence-electron chi connectivity index (χ2n) is 4.69. The van der Waals surface area contributed by atoms with E-state index >= 15 is 0 Å². The maximum atomic E-state index is 5.51. The zero-order valence-corrected chi connectivity index (χ0v) is 9.71. The quantitative estimate of drug-likeness (QED) is 0.658. The fourth-order valence-electron chi connectivity index (χ4n) is 1.60. The van der Waals surface area contributed by atoms with Crippen LogP contribution in [0, 0.1) is 11.8 Å². The molecule has 0 aromatic heterocycles. The third-order valence-electron chi connectivity index (χ3n) is 1.93. The molecule has 0 atom stereocenters. The molecule has 13 heavy (non-hydrogen) atoms. The molecule has 0 saturated heterocycles. The average Bonchev–Trinajstić information content (AvgIpc) is 1.98. The molecule has 0 bridgehead atoms. The van der Waals surface area contributed by atoms with Crippen molar-refractivity contribution in [2.75, 3.05) is 26.2 Å². The van der Waals surface area contributed by atoms with Crippen LogP contribution in [-0.2, 0) is 0 Å². The highest BCUT2D eigenvalue weighted by atomic mass is 15.1. The lowest BCUT2D eigenvalue weighted by atomic mass is 10.1. The third-order valence-corrected chi connectivity index (χ3v) is 1.93. The number of nitrogens with zero attached hydrogens (tertiary/aromatic N) is 1. The maximum absolute atomic E-state index is 5.51. The maximum Gasteiger partial charge on any atom is 0.000450 e. The van der Waals surface area contributed by atoms with Crippen molar-refractivity contribution in [1.82, 2.24) is 4.90 Å². The van der Waals surface area contributed by atoms with Crippen LogP contribution in [0.3, 0.4) is 0 Å². The van der Waals surface area contributed by atoms with Crippen molar-refractivity contribution in [3.8, 4) is 0 Å². The molecule has 0 aliphatic heterocycles. The topological polar surface area (TPSA) is 29.3 Å². The van der Waals surface area contributed by atoms with E-state index in [0.29, 0.717) is 0 Å². The van der Waals surface area contributed by atoms with Gasteiger partial charge in [0.1, 0.15) is 0 Å². The van der Waals surface area contributed by atoms with Crippen LogP contribution in [0.2, 0.25) is 0 Å². The van der Waals surface area contributed by atoms with Crippen molar-refractivity contribution in [3.05, 3.63) is 0 Å². The minimum Gasteiger partial charge on any atom is -0.330 e. The fraction of sp³-hybridized carbons (Fsp3) is 1.00. The molecule has 2 N–H and O–H groups in total. The number of rotatable bonds is 7. The van der Waals surface area contributed by atoms with E-state index in [2.05, 4.69) is 32.6 Å². The summed E-state index contributed by atoms with van der Waals surface area (Å²) in [4.78, 5) is 2.53. The van der Waals surface area contributed by atoms with Gasteiger partial charge in [-0.25, -0.2) is 0 Å². The monoisotopic (exact) mass is 186 g/mol. The van der Waals surface area contributed by atoms with E-state index in [9.17, 15) is 0 Å². The van der Waals surface area contributed by atoms with E-state index in [1.165, 1.54) is 13.1 Å². The lowest BCUT2D eigenvalue weighted by molar-refractivity contribution is 0.218. The van der Waals surface area contributed by atoms with Gasteiger partial charge in [-0.1, -0.05) is 27.7 Å². The molecule has 2 heteroatoms. The summed E-state index contributed by atoms with van der Waals surface area (Å²) >= 11 is 0. The van der Waals surface area contributed by atoms with Gasteiger partial charge in [-0.2, -0.15) is 0 Å². The van der Waals surface area contributed by atoms with E-state index in [4.69, 9.17) is 5.73 Å². The van der Waals surface area contributed by atoms with Crippen molar-refractivity contribution in [2.24, 2.45) is 17.6 Å². The second kappa shape index (κ2) is 7.34. The van der Waals surface area contributed by atoms with Gasteiger partial charge in [-0.15, -0.1) is 0 Å². The molecule has 0 saturated carbocycles. The molecule has 0 spiro atoms. The predicted molar refractivity (Wildman–Crippen MR) is 59.8 cm³/mol. The Morgan fingerprint density at radius 1 is 1.00 bits per heavy atom. The van der Waals surface area contributed by atoms with Gasteiger partial charge >= 0.3 is 0 Å². The van der Waals surface area contributed by atoms with Crippen LogP contribution in [0.1, 0.15) is 34.1 Å². The highest BCUT2D eigenvalue weighted by Crippen LogP contribution is 2.03. The van der Waals surface area contributed by atoms with Crippen molar-refractivity contribution in [2.45, 2.75) is 34.1 Å². The van der Waals surface area contributed by atoms with Crippen LogP contribution >= 0.6 is 0 Å². The van der Waals surface area contributed by atoms with Crippen molar-refractivity contribution < 1.29 is 0 Å². The fourth-order valence-corrected chi connectivity index (χ4v) is 1.60. The third kappa shape index (κ3) is 8.26. The summed E-state index contributed by atoms with van der Waals surface area (Å²) in [5, 5.41) is 0. The first-order valence-corrected chi connectivity index (χ1v) is 5.48. The van der Waals surface area contributed by atoms with Gasteiger partial charge in [0.05, 0.1) is 0 Å². The predicted octanol–water partition coefficient (Wildman–Crippen LogP) is 1.95. The van der Waals surface area contributed by atoms with Gasteiger partial charge in [0.25, 0.3) is 0 Å². The molecule has 0 aliphatic carbocycles. The number of hydrogen-bond donors (Lipinski definition) is 1. The summed E-state index contributed by atoms with van der Waals surface area (Å²) in [5.41, 5.74) is 5.51. The van der Waals surface area contributed by atoms with Crippen LogP contribution in [0.15, 0.2) is 0 Å². The van der Waals surface area contributed by atoms with E-state index < -0.39 is 0 Å². The van der Waals surface area contributed by atoms with Gasteiger partial charge in [0, 0.05) is 13.1 Å². The standard InChI is InChI=1S/C11H26N2/c1-10(2)8-13(7-5-6-12)9-11(3)4/h10-11H,5-9,12H2,1-4H3. The van der Waals surface area contributed by atoms with E-state index in [-0.39, 0.29) is 0 Å². The Labute approximate surface area is 83.5 Å². The summed E-state index contributed by atoms with van der Waals surface area (Å²) in [5.74, 6) is 1.52. The molecule has 80 valence electrons. The summed E-state index contributed by atoms with van der Waals surface area (Å²) in [6.07, 6.45) is 1.12. The van der Waals surface area contributed by atoms with E-state index in [1.54, 1.807) is 0 Å². The zero-order valence-electron chi connectivity index (χ0n) is 9.71. The van der Waals surface area contributed by atoms with Crippen LogP contribution < -0.4 is 5.73 Å². The summed E-state index contributed by atoms with van der Waals surface area (Å²) in [7, 11) is 0. The van der Waals surface area contributed by atoms with Crippen molar-refractivity contribution >= 4 is 0 Å². The average molecular weight is 186 g/mol. The molecular formula is C11H26N2. The Morgan fingerprint density at radius 3 is 1.77 bits per heavy atom. The summed E-state index contributed by atoms with van der Waals surface area (Å²) < 4.78 is 0. The first kappa shape index (κ1) is 12.9. The number of nitrogens with two attached hydrogens (primary N) is 1. The molecule has 0 aliphatic rings. The normalized spacial score (nSPS) is 12.0. The van der Waals surface area contributed by atoms with Crippen LogP contribution in [0.4, 0.5) is 0 Å². The summed E-state index contributed by atoms with van der Waals surface area (Å²) in [6, 6.07) is 0. The van der Waals surface area contributed by atoms with Gasteiger partial charge in [0.2, 0.25) is 0 Å². The van der Waals surface area contributed by atoms with Gasteiger partial charge in [-0.05, 0) is 31.3 Å². The smallest absolute Gasteiger partial charge is 0.000450 e. The summed E-state index contributed by atoms with van der Waals surface area (Å²) in [6.45, 7) is 13.5. The molecule has 0 heterocycles. The molecular weight excluding hydrogens is 160 g/mol. The van der Waals surface area contributed by atoms with Crippen molar-refractivity contribution in [1.29, 1.82) is 0 Å². The second-order valence-corrected chi connectivity index (χ2v) is 4.69. The first-order chi connectivity index (χ1) is 6.06. The van der Waals surface area contributed by atoms with Gasteiger partial charge in [0.15, 0.2) is 0 Å². The lowest BCUT2D eigenvalue weighted by Gasteiger charge is -2.25. The molecule has 0 amide bonds. The number of hydrogen-bond acceptors (Lipinski definition) is 2. The molecule has 0 aromatic rings. The van der Waals surface area contributed by atoms with Crippen LogP contribution in [0.25, 0.3) is 0 Å². The Kier molecular flexibility index (Phi) is 7.29. The molecule has 0 aromatic carbocycles. The highest BCUT2D eigenvalue weighted by Gasteiger charge is 2.08. The van der Waals surface area contributed by atoms with Gasteiger partial charge < -0.3 is 10.6 Å². The Morgan fingerprint density at radius 2 is 1.46 bits per heavy atom. The van der Waals surface area contributed by atoms with Crippen LogP contribution in [-0.4, -0.2) is 31.1 Å². The molecule has 2 nitrogen and oxygen atoms in total. The molecule has 0 fully saturated rings. The first-order valence-electron chi connectivity index (χ1n) is 5.48. The minimum atomic E-state index is 0.761. The van der Waals surface area contributed by atoms with Gasteiger partial charge in [-0.3, -0.25) is 0 Å². The molecule has 0 rings (SSSR count). The lowest BCUT2D eigenvalue weighted by Crippen LogP contribution is -2.33. The minimum absolute atomic E-state index is 0.761. The Hall–Kier alpha value is -0.0800. The highest BCUT2D eigenvalue weighted by molar-refractivity contribution is 4.62. The van der Waals surface area contributed by atoms with Crippen molar-refractivity contribution in [3.63, 3.8) is 0 Å². The Balaban J connectivity index is 3.73. The van der Waals surface area contributed by atoms with E-state index in [0.717, 1.165) is 31.3 Å². The SMILES string of the molecule is CC(C)CN(CCCN)CC(C)C. The van der Waals surface area contributed by atoms with Crippen LogP contribution in [0.5, 0.6) is 0 Å². The molecule has 0 radical (unpaired) electrons. The Bertz CT molecular complexity index is 101. The van der Waals surface area contributed by atoms with E-state index in [1.807, 2.05) is 0 Å². The largest absolute Gasteiger partial charge is 0.330 e. The zero-order chi connectivity index (χ0) is 10.3. The molecule has 0 unspecified atom stereocenters.